The summed E-state index contributed by atoms with van der Waals surface area (Å²) in [6.45, 7) is 27.5. The number of benzene rings is 2. The Morgan fingerprint density at radius 3 is 1.25 bits per heavy atom. The lowest BCUT2D eigenvalue weighted by atomic mass is 9.70. The van der Waals surface area contributed by atoms with Crippen LogP contribution in [0.3, 0.4) is 0 Å². The van der Waals surface area contributed by atoms with Crippen molar-refractivity contribution in [3.8, 4) is 5.75 Å². The standard InChI is InChI=1S/C52H86O3/c1-14-26-36(20-7)42-32-43(48(47(34-42)55-13)39(23-10)29-17-4)33-46(53)52(54)51-49(40(24-11)30-18-5)44(37(21-8)27-15-2)35-45(38(22-9)28-16-3)50(51)41(25-12)31-19-6/h32-41,53H,14-31H2,1-13H3/b46-33-. The highest BCUT2D eigenvalue weighted by molar-refractivity contribution is 6.12. The Morgan fingerprint density at radius 1 is 0.527 bits per heavy atom. The number of ketones is 1. The summed E-state index contributed by atoms with van der Waals surface area (Å²) in [7, 11) is 1.78. The van der Waals surface area contributed by atoms with Crippen LogP contribution in [0.15, 0.2) is 24.0 Å². The van der Waals surface area contributed by atoms with Crippen molar-refractivity contribution in [3.63, 3.8) is 0 Å². The topological polar surface area (TPSA) is 46.5 Å². The summed E-state index contributed by atoms with van der Waals surface area (Å²) in [6.07, 6.45) is 20.9. The van der Waals surface area contributed by atoms with Gasteiger partial charge in [-0.3, -0.25) is 4.79 Å². The van der Waals surface area contributed by atoms with E-state index in [9.17, 15) is 5.11 Å². The summed E-state index contributed by atoms with van der Waals surface area (Å²) in [5, 5.41) is 12.6. The highest BCUT2D eigenvalue weighted by Gasteiger charge is 2.34. The molecule has 2 aromatic carbocycles. The smallest absolute Gasteiger partial charge is 0.227 e. The molecule has 1 N–H and O–H groups in total. The molecule has 0 bridgehead atoms. The maximum Gasteiger partial charge on any atom is 0.227 e. The van der Waals surface area contributed by atoms with Crippen molar-refractivity contribution in [1.82, 2.24) is 0 Å². The Morgan fingerprint density at radius 2 is 0.891 bits per heavy atom. The van der Waals surface area contributed by atoms with Gasteiger partial charge in [0.15, 0.2) is 5.76 Å². The molecule has 3 heteroatoms. The average molecular weight is 759 g/mol. The average Bonchev–Trinajstić information content (AvgIpc) is 3.20. The third kappa shape index (κ3) is 12.2. The number of carbonyl (C=O) groups is 1. The lowest BCUT2D eigenvalue weighted by molar-refractivity contribution is 0.0977. The van der Waals surface area contributed by atoms with Crippen molar-refractivity contribution in [2.24, 2.45) is 0 Å². The van der Waals surface area contributed by atoms with Gasteiger partial charge in [0.05, 0.1) is 7.11 Å². The van der Waals surface area contributed by atoms with Gasteiger partial charge in [0, 0.05) is 11.1 Å². The van der Waals surface area contributed by atoms with E-state index in [1.807, 2.05) is 6.08 Å². The molecule has 0 aliphatic heterocycles. The Hall–Kier alpha value is -2.55. The first-order valence-electron chi connectivity index (χ1n) is 23.5. The van der Waals surface area contributed by atoms with Gasteiger partial charge >= 0.3 is 0 Å². The molecule has 3 nitrogen and oxygen atoms in total. The number of carbonyl (C=O) groups excluding carboxylic acids is 1. The first-order valence-corrected chi connectivity index (χ1v) is 23.5. The predicted molar refractivity (Wildman–Crippen MR) is 242 cm³/mol. The molecule has 312 valence electrons. The van der Waals surface area contributed by atoms with E-state index < -0.39 is 0 Å². The fourth-order valence-electron chi connectivity index (χ4n) is 10.0. The van der Waals surface area contributed by atoms with Crippen LogP contribution in [0, 0.1) is 0 Å². The van der Waals surface area contributed by atoms with Gasteiger partial charge in [-0.1, -0.05) is 134 Å². The van der Waals surface area contributed by atoms with Crippen molar-refractivity contribution >= 4 is 11.9 Å². The monoisotopic (exact) mass is 759 g/mol. The molecule has 0 fully saturated rings. The minimum absolute atomic E-state index is 0.120. The number of ether oxygens (including phenoxy) is 1. The molecule has 0 saturated carbocycles. The van der Waals surface area contributed by atoms with Crippen LogP contribution in [-0.4, -0.2) is 18.0 Å². The predicted octanol–water partition coefficient (Wildman–Crippen LogP) is 17.2. The maximum absolute atomic E-state index is 15.7. The number of aliphatic hydroxyl groups excluding tert-OH is 1. The molecule has 6 atom stereocenters. The number of hydrogen-bond donors (Lipinski definition) is 1. The maximum atomic E-state index is 15.7. The van der Waals surface area contributed by atoms with Crippen LogP contribution in [0.25, 0.3) is 6.08 Å². The highest BCUT2D eigenvalue weighted by Crippen LogP contribution is 2.47. The Bertz CT molecular complexity index is 1400. The molecule has 2 aromatic rings. The number of hydrogen-bond acceptors (Lipinski definition) is 3. The summed E-state index contributed by atoms with van der Waals surface area (Å²) >= 11 is 0. The summed E-state index contributed by atoms with van der Waals surface area (Å²) in [6, 6.07) is 7.14. The molecule has 55 heavy (non-hydrogen) atoms. The fraction of sp³-hybridized carbons (Fsp3) is 0.712. The van der Waals surface area contributed by atoms with E-state index in [2.05, 4.69) is 101 Å². The summed E-state index contributed by atoms with van der Waals surface area (Å²) in [5.74, 6) is 2.58. The largest absolute Gasteiger partial charge is 0.504 e. The highest BCUT2D eigenvalue weighted by atomic mass is 16.5. The van der Waals surface area contributed by atoms with E-state index in [0.717, 1.165) is 138 Å². The molecule has 0 radical (unpaired) electrons. The second-order valence-corrected chi connectivity index (χ2v) is 16.7. The number of aliphatic hydroxyl groups is 1. The summed E-state index contributed by atoms with van der Waals surface area (Å²) in [4.78, 5) is 15.7. The molecule has 0 heterocycles. The van der Waals surface area contributed by atoms with Gasteiger partial charge in [0.2, 0.25) is 5.78 Å². The van der Waals surface area contributed by atoms with Gasteiger partial charge in [-0.05, 0) is 158 Å². The third-order valence-corrected chi connectivity index (χ3v) is 13.0. The molecule has 0 aliphatic carbocycles. The second kappa shape index (κ2) is 25.7. The van der Waals surface area contributed by atoms with Crippen LogP contribution in [0.4, 0.5) is 0 Å². The minimum Gasteiger partial charge on any atom is -0.504 e. The fourth-order valence-corrected chi connectivity index (χ4v) is 10.0. The Labute approximate surface area is 340 Å². The van der Waals surface area contributed by atoms with E-state index in [1.54, 1.807) is 7.11 Å². The molecule has 2 rings (SSSR count). The molecule has 0 saturated heterocycles. The number of allylic oxidation sites excluding steroid dienone is 1. The Kier molecular flexibility index (Phi) is 22.7. The quantitative estimate of drug-likeness (QED) is 0.0534. The van der Waals surface area contributed by atoms with Crippen LogP contribution < -0.4 is 4.74 Å². The van der Waals surface area contributed by atoms with E-state index in [1.165, 1.54) is 27.8 Å². The molecule has 0 spiro atoms. The van der Waals surface area contributed by atoms with Crippen molar-refractivity contribution < 1.29 is 14.6 Å². The second-order valence-electron chi connectivity index (χ2n) is 16.7. The van der Waals surface area contributed by atoms with Crippen LogP contribution in [0.1, 0.15) is 283 Å². The first-order chi connectivity index (χ1) is 26.6. The summed E-state index contributed by atoms with van der Waals surface area (Å²) < 4.78 is 6.20. The molecule has 0 aliphatic rings. The van der Waals surface area contributed by atoms with E-state index in [-0.39, 0.29) is 29.3 Å². The summed E-state index contributed by atoms with van der Waals surface area (Å²) in [5.41, 5.74) is 9.48. The molecule has 0 aromatic heterocycles. The Balaban J connectivity index is 3.33. The van der Waals surface area contributed by atoms with Gasteiger partial charge in [0.25, 0.3) is 0 Å². The van der Waals surface area contributed by atoms with Crippen molar-refractivity contribution in [2.45, 2.75) is 234 Å². The normalized spacial score (nSPS) is 15.4. The number of Topliss-reactive ketones (excluding diaryl/α,β-unsaturated/α-hetero) is 1. The third-order valence-electron chi connectivity index (χ3n) is 13.0. The van der Waals surface area contributed by atoms with Crippen LogP contribution >= 0.6 is 0 Å². The van der Waals surface area contributed by atoms with Crippen LogP contribution in [0.2, 0.25) is 0 Å². The molecular weight excluding hydrogens is 673 g/mol. The van der Waals surface area contributed by atoms with Gasteiger partial charge in [-0.15, -0.1) is 0 Å². The molecular formula is C52H86O3. The van der Waals surface area contributed by atoms with Gasteiger partial charge in [-0.2, -0.15) is 0 Å². The van der Waals surface area contributed by atoms with Crippen molar-refractivity contribution in [2.75, 3.05) is 7.11 Å². The lowest BCUT2D eigenvalue weighted by Crippen LogP contribution is -2.22. The molecule has 0 amide bonds. The lowest BCUT2D eigenvalue weighted by Gasteiger charge is -2.34. The molecule has 6 unspecified atom stereocenters. The van der Waals surface area contributed by atoms with Gasteiger partial charge in [-0.25, -0.2) is 0 Å². The SMILES string of the molecule is CCCC(CC)c1cc(/C=C(\O)C(=O)c2c(C(CC)CCC)c(C(CC)CCC)cc(C(CC)CCC)c2C(CC)CCC)c(C(CC)CCC)c(OC)c1. The zero-order chi connectivity index (χ0) is 41.1. The minimum atomic E-state index is -0.172. The van der Waals surface area contributed by atoms with Crippen molar-refractivity contribution in [1.29, 1.82) is 0 Å². The van der Waals surface area contributed by atoms with E-state index in [0.29, 0.717) is 17.8 Å². The first kappa shape index (κ1) is 48.6. The van der Waals surface area contributed by atoms with Crippen molar-refractivity contribution in [3.05, 3.63) is 68.5 Å². The zero-order valence-corrected chi connectivity index (χ0v) is 38.3. The number of rotatable bonds is 28. The van der Waals surface area contributed by atoms with Crippen LogP contribution in [-0.2, 0) is 0 Å². The van der Waals surface area contributed by atoms with Gasteiger partial charge in [0.1, 0.15) is 5.75 Å². The van der Waals surface area contributed by atoms with E-state index >= 15 is 4.79 Å². The van der Waals surface area contributed by atoms with Crippen LogP contribution in [0.5, 0.6) is 5.75 Å². The number of methoxy groups -OCH3 is 1. The zero-order valence-electron chi connectivity index (χ0n) is 38.3. The van der Waals surface area contributed by atoms with Gasteiger partial charge < -0.3 is 9.84 Å². The van der Waals surface area contributed by atoms with E-state index in [4.69, 9.17) is 4.74 Å².